The van der Waals surface area contributed by atoms with Crippen LogP contribution in [0.25, 0.3) is 16.3 Å². The Kier molecular flexibility index (Phi) is 3.28. The summed E-state index contributed by atoms with van der Waals surface area (Å²) in [6.45, 7) is 0. The third-order valence-corrected chi connectivity index (χ3v) is 4.30. The van der Waals surface area contributed by atoms with Crippen molar-refractivity contribution in [3.63, 3.8) is 0 Å². The molecule has 24 heavy (non-hydrogen) atoms. The average Bonchev–Trinajstić information content (AvgIpc) is 2.63. The van der Waals surface area contributed by atoms with Gasteiger partial charge in [-0.3, -0.25) is 9.59 Å². The van der Waals surface area contributed by atoms with E-state index < -0.39 is 0 Å². The maximum Gasteiger partial charge on any atom is 0.198 e. The molecule has 0 fully saturated rings. The molecule has 3 nitrogen and oxygen atoms in total. The number of ether oxygens (including phenoxy) is 1. The SMILES string of the molecule is COc1c2c(cc3ccccc13)C(=O)C=C(c1ccccc1)C2=O. The minimum absolute atomic E-state index is 0.174. The summed E-state index contributed by atoms with van der Waals surface area (Å²) >= 11 is 0. The molecule has 3 aromatic carbocycles. The van der Waals surface area contributed by atoms with Gasteiger partial charge in [0.2, 0.25) is 0 Å². The highest BCUT2D eigenvalue weighted by molar-refractivity contribution is 6.40. The predicted octanol–water partition coefficient (Wildman–Crippen LogP) is 4.31. The molecule has 3 aromatic rings. The van der Waals surface area contributed by atoms with Crippen molar-refractivity contribution in [2.24, 2.45) is 0 Å². The lowest BCUT2D eigenvalue weighted by molar-refractivity contribution is 0.0999. The number of rotatable bonds is 2. The highest BCUT2D eigenvalue weighted by Crippen LogP contribution is 2.38. The Hall–Kier alpha value is -3.20. The number of Topliss-reactive ketones (excluding diaryl/α,β-unsaturated/α-hetero) is 1. The second-order valence-corrected chi connectivity index (χ2v) is 5.67. The van der Waals surface area contributed by atoms with Crippen LogP contribution in [0.15, 0.2) is 66.7 Å². The molecule has 0 unspecified atom stereocenters. The Labute approximate surface area is 139 Å². The smallest absolute Gasteiger partial charge is 0.198 e. The van der Waals surface area contributed by atoms with Gasteiger partial charge in [0, 0.05) is 16.5 Å². The van der Waals surface area contributed by atoms with Gasteiger partial charge in [-0.2, -0.15) is 0 Å². The van der Waals surface area contributed by atoms with Gasteiger partial charge in [-0.1, -0.05) is 54.6 Å². The number of fused-ring (bicyclic) bond motifs is 2. The third-order valence-electron chi connectivity index (χ3n) is 4.30. The van der Waals surface area contributed by atoms with Crippen LogP contribution in [-0.4, -0.2) is 18.7 Å². The van der Waals surface area contributed by atoms with Crippen molar-refractivity contribution < 1.29 is 14.3 Å². The summed E-state index contributed by atoms with van der Waals surface area (Å²) in [6, 6.07) is 18.6. The number of hydrogen-bond acceptors (Lipinski definition) is 3. The van der Waals surface area contributed by atoms with Gasteiger partial charge in [-0.05, 0) is 23.1 Å². The minimum atomic E-state index is -0.182. The molecule has 0 spiro atoms. The second kappa shape index (κ2) is 5.46. The lowest BCUT2D eigenvalue weighted by atomic mass is 9.84. The van der Waals surface area contributed by atoms with E-state index in [-0.39, 0.29) is 11.6 Å². The molecule has 4 rings (SSSR count). The average molecular weight is 314 g/mol. The number of carbonyl (C=O) groups excluding carboxylic acids is 2. The van der Waals surface area contributed by atoms with Crippen LogP contribution in [-0.2, 0) is 0 Å². The fourth-order valence-electron chi connectivity index (χ4n) is 3.19. The Morgan fingerprint density at radius 2 is 1.58 bits per heavy atom. The molecule has 0 aromatic heterocycles. The molecule has 1 aliphatic rings. The van der Waals surface area contributed by atoms with Crippen LogP contribution in [0.1, 0.15) is 26.3 Å². The van der Waals surface area contributed by atoms with Gasteiger partial charge >= 0.3 is 0 Å². The van der Waals surface area contributed by atoms with E-state index in [4.69, 9.17) is 4.74 Å². The summed E-state index contributed by atoms with van der Waals surface area (Å²) in [5.41, 5.74) is 1.89. The number of benzene rings is 3. The van der Waals surface area contributed by atoms with E-state index in [9.17, 15) is 9.59 Å². The van der Waals surface area contributed by atoms with E-state index in [1.165, 1.54) is 13.2 Å². The molecule has 116 valence electrons. The highest BCUT2D eigenvalue weighted by atomic mass is 16.5. The Morgan fingerprint density at radius 1 is 0.875 bits per heavy atom. The molecule has 0 saturated heterocycles. The first-order valence-electron chi connectivity index (χ1n) is 7.66. The fourth-order valence-corrected chi connectivity index (χ4v) is 3.19. The van der Waals surface area contributed by atoms with E-state index in [0.29, 0.717) is 22.4 Å². The van der Waals surface area contributed by atoms with Gasteiger partial charge in [0.25, 0.3) is 0 Å². The lowest BCUT2D eigenvalue weighted by Crippen LogP contribution is -2.17. The standard InChI is InChI=1S/C21H14O3/c1-24-21-15-10-6-5-9-14(15)11-17-18(22)12-16(20(23)19(17)21)13-7-3-2-4-8-13/h2-12H,1H3. The normalized spacial score (nSPS) is 13.6. The largest absolute Gasteiger partial charge is 0.495 e. The zero-order valence-electron chi connectivity index (χ0n) is 13.1. The summed E-state index contributed by atoms with van der Waals surface area (Å²) < 4.78 is 5.53. The molecule has 0 saturated carbocycles. The van der Waals surface area contributed by atoms with Crippen LogP contribution in [0.4, 0.5) is 0 Å². The molecule has 0 radical (unpaired) electrons. The van der Waals surface area contributed by atoms with Crippen molar-refractivity contribution in [3.8, 4) is 5.75 Å². The number of methoxy groups -OCH3 is 1. The monoisotopic (exact) mass is 314 g/mol. The van der Waals surface area contributed by atoms with Crippen molar-refractivity contribution in [2.45, 2.75) is 0 Å². The van der Waals surface area contributed by atoms with Gasteiger partial charge < -0.3 is 4.74 Å². The van der Waals surface area contributed by atoms with E-state index >= 15 is 0 Å². The second-order valence-electron chi connectivity index (χ2n) is 5.67. The molecule has 0 amide bonds. The molecule has 1 aliphatic carbocycles. The zero-order chi connectivity index (χ0) is 16.7. The minimum Gasteiger partial charge on any atom is -0.495 e. The molecule has 0 atom stereocenters. The van der Waals surface area contributed by atoms with Gasteiger partial charge in [-0.25, -0.2) is 0 Å². The third kappa shape index (κ3) is 2.06. The van der Waals surface area contributed by atoms with Crippen LogP contribution in [0.2, 0.25) is 0 Å². The quantitative estimate of drug-likeness (QED) is 0.708. The van der Waals surface area contributed by atoms with Gasteiger partial charge in [0.15, 0.2) is 11.6 Å². The number of allylic oxidation sites excluding steroid dienone is 2. The zero-order valence-corrected chi connectivity index (χ0v) is 13.1. The van der Waals surface area contributed by atoms with Crippen molar-refractivity contribution >= 4 is 27.9 Å². The predicted molar refractivity (Wildman–Crippen MR) is 93.6 cm³/mol. The van der Waals surface area contributed by atoms with Crippen LogP contribution in [0.5, 0.6) is 5.75 Å². The Bertz CT molecular complexity index is 1010. The van der Waals surface area contributed by atoms with Crippen molar-refractivity contribution in [3.05, 3.63) is 83.4 Å². The van der Waals surface area contributed by atoms with E-state index in [0.717, 1.165) is 16.3 Å². The Balaban J connectivity index is 2.01. The summed E-state index contributed by atoms with van der Waals surface area (Å²) in [5.74, 6) is 0.105. The molecule has 3 heteroatoms. The summed E-state index contributed by atoms with van der Waals surface area (Å²) in [4.78, 5) is 25.7. The van der Waals surface area contributed by atoms with E-state index in [1.54, 1.807) is 6.07 Å². The maximum absolute atomic E-state index is 13.1. The van der Waals surface area contributed by atoms with Crippen LogP contribution < -0.4 is 4.74 Å². The number of hydrogen-bond donors (Lipinski definition) is 0. The van der Waals surface area contributed by atoms with E-state index in [2.05, 4.69) is 0 Å². The summed E-state index contributed by atoms with van der Waals surface area (Å²) in [6.07, 6.45) is 1.42. The lowest BCUT2D eigenvalue weighted by Gasteiger charge is -2.19. The first kappa shape index (κ1) is 14.4. The van der Waals surface area contributed by atoms with Crippen LogP contribution in [0.3, 0.4) is 0 Å². The molecule has 0 aliphatic heterocycles. The van der Waals surface area contributed by atoms with Crippen LogP contribution >= 0.6 is 0 Å². The first-order chi connectivity index (χ1) is 11.7. The van der Waals surface area contributed by atoms with Crippen LogP contribution in [0, 0.1) is 0 Å². The van der Waals surface area contributed by atoms with Crippen molar-refractivity contribution in [2.75, 3.05) is 7.11 Å². The summed E-state index contributed by atoms with van der Waals surface area (Å²) in [7, 11) is 1.53. The summed E-state index contributed by atoms with van der Waals surface area (Å²) in [5, 5.41) is 1.71. The fraction of sp³-hybridized carbons (Fsp3) is 0.0476. The number of carbonyl (C=O) groups is 2. The topological polar surface area (TPSA) is 43.4 Å². The molecular formula is C21H14O3. The van der Waals surface area contributed by atoms with Gasteiger partial charge in [0.05, 0.1) is 12.7 Å². The molecule has 0 N–H and O–H groups in total. The molecular weight excluding hydrogens is 300 g/mol. The number of ketones is 2. The van der Waals surface area contributed by atoms with Crippen molar-refractivity contribution in [1.82, 2.24) is 0 Å². The molecule has 0 heterocycles. The Morgan fingerprint density at radius 3 is 2.33 bits per heavy atom. The van der Waals surface area contributed by atoms with Gasteiger partial charge in [-0.15, -0.1) is 0 Å². The maximum atomic E-state index is 13.1. The van der Waals surface area contributed by atoms with Gasteiger partial charge in [0.1, 0.15) is 5.75 Å². The molecule has 0 bridgehead atoms. The highest BCUT2D eigenvalue weighted by Gasteiger charge is 2.30. The van der Waals surface area contributed by atoms with E-state index in [1.807, 2.05) is 54.6 Å². The first-order valence-corrected chi connectivity index (χ1v) is 7.66. The van der Waals surface area contributed by atoms with Crippen molar-refractivity contribution in [1.29, 1.82) is 0 Å².